The number of nitrogens with one attached hydrogen (secondary N) is 1. The minimum absolute atomic E-state index is 0.156. The molecule has 0 bridgehead atoms. The first-order chi connectivity index (χ1) is 14.4. The second-order valence-corrected chi connectivity index (χ2v) is 8.26. The molecule has 0 aliphatic rings. The van der Waals surface area contributed by atoms with Crippen LogP contribution in [0.1, 0.15) is 36.8 Å². The Morgan fingerprint density at radius 3 is 2.47 bits per heavy atom. The lowest BCUT2D eigenvalue weighted by molar-refractivity contribution is -0.137. The topological polar surface area (TPSA) is 134 Å². The predicted molar refractivity (Wildman–Crippen MR) is 109 cm³/mol. The van der Waals surface area contributed by atoms with E-state index in [0.29, 0.717) is 12.0 Å². The molecule has 0 amide bonds. The second-order valence-electron chi connectivity index (χ2n) is 6.58. The largest absolute Gasteiger partial charge is 0.493 e. The van der Waals surface area contributed by atoms with Gasteiger partial charge in [-0.15, -0.1) is 5.10 Å². The highest BCUT2D eigenvalue weighted by atomic mass is 32.2. The van der Waals surface area contributed by atoms with E-state index in [4.69, 9.17) is 0 Å². The van der Waals surface area contributed by atoms with Gasteiger partial charge in [-0.05, 0) is 24.1 Å². The standard InChI is InChI=1S/C20H22N4O5S/c1-2-3-13-22-30(28,29)18-17(16(20(26)27)14-9-5-4-6-10-14)19(25)24(23-18)15-11-7-8-12-21-15/h4-12,16,22,25H,2-3,13H2,1H3,(H,26,27). The van der Waals surface area contributed by atoms with E-state index < -0.39 is 32.8 Å². The van der Waals surface area contributed by atoms with Crippen molar-refractivity contribution in [3.8, 4) is 11.7 Å². The van der Waals surface area contributed by atoms with Gasteiger partial charge in [-0.25, -0.2) is 18.1 Å². The molecular weight excluding hydrogens is 408 g/mol. The number of carboxylic acids is 1. The highest BCUT2D eigenvalue weighted by molar-refractivity contribution is 7.89. The van der Waals surface area contributed by atoms with Gasteiger partial charge in [0.15, 0.2) is 5.82 Å². The Kier molecular flexibility index (Phi) is 6.48. The summed E-state index contributed by atoms with van der Waals surface area (Å²) in [5, 5.41) is 24.3. The maximum Gasteiger partial charge on any atom is 0.315 e. The molecule has 2 heterocycles. The van der Waals surface area contributed by atoms with Crippen molar-refractivity contribution in [2.45, 2.75) is 30.7 Å². The Morgan fingerprint density at radius 2 is 1.87 bits per heavy atom. The lowest BCUT2D eigenvalue weighted by Gasteiger charge is -2.14. The van der Waals surface area contributed by atoms with Crippen molar-refractivity contribution in [1.82, 2.24) is 19.5 Å². The summed E-state index contributed by atoms with van der Waals surface area (Å²) in [5.41, 5.74) is -0.00534. The molecule has 0 fully saturated rings. The molecule has 3 N–H and O–H groups in total. The van der Waals surface area contributed by atoms with E-state index in [1.165, 1.54) is 12.3 Å². The number of unbranched alkanes of at least 4 members (excludes halogenated alkanes) is 1. The third kappa shape index (κ3) is 4.34. The van der Waals surface area contributed by atoms with E-state index in [1.807, 2.05) is 6.92 Å². The highest BCUT2D eigenvalue weighted by Gasteiger charge is 2.37. The van der Waals surface area contributed by atoms with Gasteiger partial charge in [-0.3, -0.25) is 4.79 Å². The summed E-state index contributed by atoms with van der Waals surface area (Å²) in [6.07, 6.45) is 2.82. The molecule has 30 heavy (non-hydrogen) atoms. The molecule has 3 rings (SSSR count). The van der Waals surface area contributed by atoms with Crippen molar-refractivity contribution in [2.75, 3.05) is 6.54 Å². The number of carbonyl (C=O) groups is 1. The van der Waals surface area contributed by atoms with Crippen LogP contribution >= 0.6 is 0 Å². The molecule has 158 valence electrons. The van der Waals surface area contributed by atoms with Crippen LogP contribution in [0.4, 0.5) is 0 Å². The normalized spacial score (nSPS) is 12.6. The van der Waals surface area contributed by atoms with Crippen molar-refractivity contribution in [3.05, 3.63) is 65.9 Å². The Labute approximate surface area is 174 Å². The third-order valence-corrected chi connectivity index (χ3v) is 5.87. The maximum absolute atomic E-state index is 13.0. The van der Waals surface area contributed by atoms with E-state index in [2.05, 4.69) is 14.8 Å². The number of aliphatic carboxylic acids is 1. The Morgan fingerprint density at radius 1 is 1.17 bits per heavy atom. The summed E-state index contributed by atoms with van der Waals surface area (Å²) in [7, 11) is -4.19. The molecule has 0 aliphatic heterocycles. The molecule has 2 aromatic heterocycles. The number of aromatic nitrogens is 3. The number of carboxylic acid groups (broad SMARTS) is 1. The van der Waals surface area contributed by atoms with E-state index in [1.54, 1.807) is 42.5 Å². The zero-order chi connectivity index (χ0) is 21.7. The summed E-state index contributed by atoms with van der Waals surface area (Å²) >= 11 is 0. The molecule has 0 radical (unpaired) electrons. The lowest BCUT2D eigenvalue weighted by atomic mass is 9.93. The quantitative estimate of drug-likeness (QED) is 0.443. The van der Waals surface area contributed by atoms with Gasteiger partial charge in [-0.1, -0.05) is 49.7 Å². The van der Waals surface area contributed by atoms with Crippen LogP contribution in [0.2, 0.25) is 0 Å². The first-order valence-corrected chi connectivity index (χ1v) is 10.9. The average Bonchev–Trinajstić information content (AvgIpc) is 3.07. The summed E-state index contributed by atoms with van der Waals surface area (Å²) in [6, 6.07) is 12.9. The lowest BCUT2D eigenvalue weighted by Crippen LogP contribution is -2.27. The van der Waals surface area contributed by atoms with Gasteiger partial charge in [0.2, 0.25) is 10.9 Å². The number of benzene rings is 1. The van der Waals surface area contributed by atoms with Crippen LogP contribution in [0.15, 0.2) is 59.8 Å². The summed E-state index contributed by atoms with van der Waals surface area (Å²) in [4.78, 5) is 16.2. The predicted octanol–water partition coefficient (Wildman–Crippen LogP) is 2.27. The zero-order valence-electron chi connectivity index (χ0n) is 16.3. The first kappa shape index (κ1) is 21.5. The minimum Gasteiger partial charge on any atom is -0.493 e. The minimum atomic E-state index is -4.19. The van der Waals surface area contributed by atoms with Crippen LogP contribution in [-0.4, -0.2) is 45.9 Å². The van der Waals surface area contributed by atoms with Crippen molar-refractivity contribution in [1.29, 1.82) is 0 Å². The number of sulfonamides is 1. The number of hydrogen-bond donors (Lipinski definition) is 3. The third-order valence-electron chi connectivity index (χ3n) is 4.47. The fourth-order valence-corrected chi connectivity index (χ4v) is 4.26. The molecule has 1 aromatic carbocycles. The van der Waals surface area contributed by atoms with Crippen molar-refractivity contribution >= 4 is 16.0 Å². The fraction of sp³-hybridized carbons (Fsp3) is 0.250. The monoisotopic (exact) mass is 430 g/mol. The molecule has 1 atom stereocenters. The molecule has 0 saturated carbocycles. The molecule has 10 heteroatoms. The number of hydrogen-bond acceptors (Lipinski definition) is 6. The van der Waals surface area contributed by atoms with Gasteiger partial charge in [-0.2, -0.15) is 4.68 Å². The zero-order valence-corrected chi connectivity index (χ0v) is 17.1. The van der Waals surface area contributed by atoms with Gasteiger partial charge in [0.05, 0.1) is 5.56 Å². The summed E-state index contributed by atoms with van der Waals surface area (Å²) in [5.74, 6) is -3.20. The van der Waals surface area contributed by atoms with Crippen LogP contribution in [0, 0.1) is 0 Å². The van der Waals surface area contributed by atoms with Crippen LogP contribution in [0.5, 0.6) is 5.88 Å². The van der Waals surface area contributed by atoms with E-state index in [-0.39, 0.29) is 17.9 Å². The first-order valence-electron chi connectivity index (χ1n) is 9.37. The van der Waals surface area contributed by atoms with E-state index in [0.717, 1.165) is 11.1 Å². The summed E-state index contributed by atoms with van der Waals surface area (Å²) in [6.45, 7) is 2.08. The van der Waals surface area contributed by atoms with Gasteiger partial charge in [0.25, 0.3) is 10.0 Å². The van der Waals surface area contributed by atoms with Crippen molar-refractivity contribution in [2.24, 2.45) is 0 Å². The van der Waals surface area contributed by atoms with Crippen molar-refractivity contribution < 1.29 is 23.4 Å². The molecule has 0 spiro atoms. The van der Waals surface area contributed by atoms with Crippen LogP contribution in [0.25, 0.3) is 5.82 Å². The Hall–Kier alpha value is -3.24. The highest BCUT2D eigenvalue weighted by Crippen LogP contribution is 2.37. The number of nitrogens with zero attached hydrogens (tertiary/aromatic N) is 3. The Bertz CT molecular complexity index is 1110. The molecule has 0 aliphatic carbocycles. The molecule has 0 saturated heterocycles. The Balaban J connectivity index is 2.24. The SMILES string of the molecule is CCCCNS(=O)(=O)c1nn(-c2ccccn2)c(O)c1C(C(=O)O)c1ccccc1. The molecule has 9 nitrogen and oxygen atoms in total. The van der Waals surface area contributed by atoms with Crippen LogP contribution < -0.4 is 4.72 Å². The molecule has 1 unspecified atom stereocenters. The van der Waals surface area contributed by atoms with Gasteiger partial charge < -0.3 is 10.2 Å². The van der Waals surface area contributed by atoms with Gasteiger partial charge in [0.1, 0.15) is 5.92 Å². The maximum atomic E-state index is 13.0. The van der Waals surface area contributed by atoms with Crippen molar-refractivity contribution in [3.63, 3.8) is 0 Å². The van der Waals surface area contributed by atoms with E-state index >= 15 is 0 Å². The van der Waals surface area contributed by atoms with Crippen LogP contribution in [-0.2, 0) is 14.8 Å². The van der Waals surface area contributed by atoms with E-state index in [9.17, 15) is 23.4 Å². The smallest absolute Gasteiger partial charge is 0.315 e. The fourth-order valence-electron chi connectivity index (χ4n) is 3.02. The summed E-state index contributed by atoms with van der Waals surface area (Å²) < 4.78 is 29.3. The van der Waals surface area contributed by atoms with Gasteiger partial charge >= 0.3 is 5.97 Å². The molecule has 3 aromatic rings. The second kappa shape index (κ2) is 9.06. The number of rotatable bonds is 9. The number of aromatic hydroxyl groups is 1. The molecular formula is C20H22N4O5S. The van der Waals surface area contributed by atoms with Gasteiger partial charge in [0, 0.05) is 12.7 Å². The number of pyridine rings is 1. The average molecular weight is 430 g/mol. The van der Waals surface area contributed by atoms with Crippen LogP contribution in [0.3, 0.4) is 0 Å².